The molecule has 1 aliphatic heterocycles. The van der Waals surface area contributed by atoms with Crippen LogP contribution in [0.5, 0.6) is 0 Å². The van der Waals surface area contributed by atoms with Crippen LogP contribution >= 0.6 is 12.2 Å². The maximum Gasteiger partial charge on any atom is 0.276 e. The van der Waals surface area contributed by atoms with Crippen LogP contribution in [0.3, 0.4) is 0 Å². The number of nitriles is 1. The van der Waals surface area contributed by atoms with Crippen molar-refractivity contribution in [2.24, 2.45) is 0 Å². The van der Waals surface area contributed by atoms with Gasteiger partial charge in [-0.3, -0.25) is 9.69 Å². The van der Waals surface area contributed by atoms with E-state index in [-0.39, 0.29) is 25.4 Å². The fourth-order valence-corrected chi connectivity index (χ4v) is 3.59. The van der Waals surface area contributed by atoms with Crippen LogP contribution < -0.4 is 0 Å². The molecule has 1 aliphatic rings. The van der Waals surface area contributed by atoms with Crippen molar-refractivity contribution in [3.8, 4) is 6.07 Å². The molecule has 0 N–H and O–H groups in total. The number of carbonyl (C=O) groups is 1. The zero-order valence-electron chi connectivity index (χ0n) is 14.8. The molecule has 140 valence electrons. The summed E-state index contributed by atoms with van der Waals surface area (Å²) in [6.07, 6.45) is 2.75. The van der Waals surface area contributed by atoms with E-state index in [0.717, 1.165) is 6.26 Å². The van der Waals surface area contributed by atoms with Crippen LogP contribution in [-0.2, 0) is 21.4 Å². The smallest absolute Gasteiger partial charge is 0.276 e. The van der Waals surface area contributed by atoms with Crippen molar-refractivity contribution in [2.75, 3.05) is 26.4 Å². The predicted molar refractivity (Wildman–Crippen MR) is 99.9 cm³/mol. The number of likely N-dealkylation sites (N-methyl/N-ethyl adjacent to an activating group) is 2. The highest BCUT2D eigenvalue weighted by molar-refractivity contribution is 7.88. The summed E-state index contributed by atoms with van der Waals surface area (Å²) < 4.78 is 30.4. The van der Waals surface area contributed by atoms with Crippen molar-refractivity contribution in [3.05, 3.63) is 29.4 Å². The summed E-state index contributed by atoms with van der Waals surface area (Å²) in [4.78, 5) is 15.5. The molecule has 0 atom stereocenters. The summed E-state index contributed by atoms with van der Waals surface area (Å²) in [5.74, 6) is 0.637. The van der Waals surface area contributed by atoms with E-state index >= 15 is 0 Å². The van der Waals surface area contributed by atoms with Gasteiger partial charge in [0.15, 0.2) is 5.11 Å². The van der Waals surface area contributed by atoms with Gasteiger partial charge in [0.1, 0.15) is 17.2 Å². The van der Waals surface area contributed by atoms with Gasteiger partial charge in [-0.25, -0.2) is 8.42 Å². The van der Waals surface area contributed by atoms with Gasteiger partial charge in [0.2, 0.25) is 10.0 Å². The lowest BCUT2D eigenvalue weighted by Gasteiger charge is -2.16. The predicted octanol–water partition coefficient (Wildman–Crippen LogP) is 1.37. The standard InChI is InChI=1S/C16H20N4O4S2/c1-4-20-15(21)14(18(2)16(20)25)10-12-6-7-13(24-12)11-19(9-5-8-17)26(3,22)23/h6-7,10H,4-5,9,11H2,1-3H3/b14-10-. The van der Waals surface area contributed by atoms with E-state index < -0.39 is 10.0 Å². The average molecular weight is 396 g/mol. The molecule has 2 heterocycles. The first-order chi connectivity index (χ1) is 12.2. The monoisotopic (exact) mass is 396 g/mol. The minimum atomic E-state index is -3.46. The van der Waals surface area contributed by atoms with Gasteiger partial charge < -0.3 is 9.32 Å². The second kappa shape index (κ2) is 7.99. The number of thiocarbonyl (C=S) groups is 1. The molecular formula is C16H20N4O4S2. The molecule has 1 saturated heterocycles. The molecule has 0 spiro atoms. The number of carbonyl (C=O) groups excluding carboxylic acids is 1. The molecule has 0 bridgehead atoms. The first kappa shape index (κ1) is 20.1. The number of amides is 1. The van der Waals surface area contributed by atoms with Crippen LogP contribution in [0.15, 0.2) is 22.2 Å². The van der Waals surface area contributed by atoms with Crippen molar-refractivity contribution >= 4 is 39.3 Å². The van der Waals surface area contributed by atoms with E-state index in [1.165, 1.54) is 9.21 Å². The highest BCUT2D eigenvalue weighted by Gasteiger charge is 2.34. The second-order valence-corrected chi connectivity index (χ2v) is 8.08. The quantitative estimate of drug-likeness (QED) is 0.507. The number of hydrogen-bond donors (Lipinski definition) is 0. The van der Waals surface area contributed by atoms with Gasteiger partial charge in [0.05, 0.1) is 18.9 Å². The van der Waals surface area contributed by atoms with E-state index in [4.69, 9.17) is 21.9 Å². The number of rotatable bonds is 7. The van der Waals surface area contributed by atoms with Crippen molar-refractivity contribution in [1.82, 2.24) is 14.1 Å². The molecule has 0 radical (unpaired) electrons. The molecule has 0 aromatic carbocycles. The van der Waals surface area contributed by atoms with Gasteiger partial charge in [-0.2, -0.15) is 9.57 Å². The second-order valence-electron chi connectivity index (χ2n) is 5.73. The van der Waals surface area contributed by atoms with Crippen LogP contribution in [0.25, 0.3) is 6.08 Å². The maximum atomic E-state index is 12.4. The normalized spacial score (nSPS) is 16.8. The largest absolute Gasteiger partial charge is 0.460 e. The van der Waals surface area contributed by atoms with Gasteiger partial charge in [0, 0.05) is 32.6 Å². The Bertz CT molecular complexity index is 882. The van der Waals surface area contributed by atoms with Gasteiger partial charge in [-0.05, 0) is 31.3 Å². The molecule has 0 unspecified atom stereocenters. The minimum Gasteiger partial charge on any atom is -0.460 e. The van der Waals surface area contributed by atoms with Gasteiger partial charge in [-0.1, -0.05) is 0 Å². The molecule has 2 rings (SSSR count). The van der Waals surface area contributed by atoms with Crippen LogP contribution in [-0.4, -0.2) is 59.9 Å². The van der Waals surface area contributed by atoms with Crippen LogP contribution in [0.2, 0.25) is 0 Å². The van der Waals surface area contributed by atoms with Crippen molar-refractivity contribution in [1.29, 1.82) is 5.26 Å². The minimum absolute atomic E-state index is 0.0208. The van der Waals surface area contributed by atoms with Crippen molar-refractivity contribution in [2.45, 2.75) is 19.9 Å². The van der Waals surface area contributed by atoms with Gasteiger partial charge in [0.25, 0.3) is 5.91 Å². The van der Waals surface area contributed by atoms with Crippen molar-refractivity contribution in [3.63, 3.8) is 0 Å². The van der Waals surface area contributed by atoms with E-state index in [9.17, 15) is 13.2 Å². The van der Waals surface area contributed by atoms with E-state index in [1.807, 2.05) is 13.0 Å². The average Bonchev–Trinajstić information content (AvgIpc) is 3.09. The number of furan rings is 1. The van der Waals surface area contributed by atoms with Crippen LogP contribution in [0, 0.1) is 11.3 Å². The molecule has 1 fully saturated rings. The molecule has 8 nitrogen and oxygen atoms in total. The Kier molecular flexibility index (Phi) is 6.17. The highest BCUT2D eigenvalue weighted by Crippen LogP contribution is 2.23. The van der Waals surface area contributed by atoms with Crippen molar-refractivity contribution < 1.29 is 17.6 Å². The van der Waals surface area contributed by atoms with E-state index in [2.05, 4.69) is 0 Å². The number of hydrogen-bond acceptors (Lipinski definition) is 6. The van der Waals surface area contributed by atoms with E-state index in [1.54, 1.807) is 30.2 Å². The third kappa shape index (κ3) is 4.30. The third-order valence-corrected chi connectivity index (χ3v) is 5.64. The molecular weight excluding hydrogens is 376 g/mol. The summed E-state index contributed by atoms with van der Waals surface area (Å²) in [5, 5.41) is 9.10. The summed E-state index contributed by atoms with van der Waals surface area (Å²) in [5.41, 5.74) is 0.391. The Morgan fingerprint density at radius 1 is 1.42 bits per heavy atom. The zero-order valence-corrected chi connectivity index (χ0v) is 16.4. The lowest BCUT2D eigenvalue weighted by atomic mass is 10.3. The molecule has 10 heteroatoms. The highest BCUT2D eigenvalue weighted by atomic mass is 32.2. The molecule has 0 aliphatic carbocycles. The lowest BCUT2D eigenvalue weighted by Crippen LogP contribution is -2.30. The SMILES string of the molecule is CCN1C(=O)/C(=C/c2ccc(CN(CCC#N)S(C)(=O)=O)o2)N(C)C1=S. The summed E-state index contributed by atoms with van der Waals surface area (Å²) in [6, 6.07) is 5.23. The van der Waals surface area contributed by atoms with Gasteiger partial charge >= 0.3 is 0 Å². The number of sulfonamides is 1. The Labute approximate surface area is 158 Å². The Balaban J connectivity index is 2.21. The molecule has 1 amide bonds. The Morgan fingerprint density at radius 2 is 2.12 bits per heavy atom. The molecule has 0 saturated carbocycles. The summed E-state index contributed by atoms with van der Waals surface area (Å²) in [6.45, 7) is 2.43. The maximum absolute atomic E-state index is 12.4. The lowest BCUT2D eigenvalue weighted by molar-refractivity contribution is -0.122. The summed E-state index contributed by atoms with van der Waals surface area (Å²) >= 11 is 5.24. The zero-order chi connectivity index (χ0) is 19.5. The molecule has 1 aromatic heterocycles. The third-order valence-electron chi connectivity index (χ3n) is 3.90. The van der Waals surface area contributed by atoms with Gasteiger partial charge in [-0.15, -0.1) is 0 Å². The van der Waals surface area contributed by atoms with Crippen LogP contribution in [0.1, 0.15) is 24.9 Å². The molecule has 1 aromatic rings. The van der Waals surface area contributed by atoms with Crippen LogP contribution in [0.4, 0.5) is 0 Å². The number of nitrogens with zero attached hydrogens (tertiary/aromatic N) is 4. The molecule has 26 heavy (non-hydrogen) atoms. The van der Waals surface area contributed by atoms with E-state index in [0.29, 0.717) is 28.9 Å². The summed E-state index contributed by atoms with van der Waals surface area (Å²) in [7, 11) is -1.76. The Hall–Kier alpha value is -2.22. The fraction of sp³-hybridized carbons (Fsp3) is 0.438. The fourth-order valence-electron chi connectivity index (χ4n) is 2.49. The first-order valence-electron chi connectivity index (χ1n) is 7.91. The topological polar surface area (TPSA) is 97.9 Å². The Morgan fingerprint density at radius 3 is 2.65 bits per heavy atom. The first-order valence-corrected chi connectivity index (χ1v) is 10.2.